The molecule has 0 fully saturated rings. The molecule has 0 aliphatic carbocycles. The van der Waals surface area contributed by atoms with Crippen LogP contribution < -0.4 is 0 Å². The van der Waals surface area contributed by atoms with E-state index in [1.165, 1.54) is 12.1 Å². The molecule has 0 saturated carbocycles. The Balaban J connectivity index is 2.67. The van der Waals surface area contributed by atoms with Crippen LogP contribution in [0.15, 0.2) is 24.4 Å². The second kappa shape index (κ2) is 4.67. The van der Waals surface area contributed by atoms with Crippen LogP contribution in [0.25, 0.3) is 5.69 Å². The van der Waals surface area contributed by atoms with Crippen LogP contribution in [0.3, 0.4) is 0 Å². The molecule has 0 atom stereocenters. The highest BCUT2D eigenvalue weighted by molar-refractivity contribution is 14.1. The first-order chi connectivity index (χ1) is 7.63. The minimum absolute atomic E-state index is 0.228. The molecule has 84 valence electrons. The van der Waals surface area contributed by atoms with E-state index in [2.05, 4.69) is 34.5 Å². The molecule has 0 spiro atoms. The molecule has 0 unspecified atom stereocenters. The van der Waals surface area contributed by atoms with E-state index in [0.717, 1.165) is 21.4 Å². The van der Waals surface area contributed by atoms with Gasteiger partial charge in [-0.1, -0.05) is 6.92 Å². The minimum atomic E-state index is -0.228. The number of aromatic amines is 1. The Morgan fingerprint density at radius 2 is 2.25 bits per heavy atom. The van der Waals surface area contributed by atoms with E-state index < -0.39 is 0 Å². The van der Waals surface area contributed by atoms with Crippen molar-refractivity contribution < 1.29 is 4.39 Å². The summed E-state index contributed by atoms with van der Waals surface area (Å²) >= 11 is 7.34. The van der Waals surface area contributed by atoms with Crippen LogP contribution in [0.1, 0.15) is 12.6 Å². The van der Waals surface area contributed by atoms with Crippen LogP contribution in [-0.2, 0) is 6.42 Å². The summed E-state index contributed by atoms with van der Waals surface area (Å²) in [6, 6.07) is 4.70. The monoisotopic (exact) mass is 348 g/mol. The molecule has 0 radical (unpaired) electrons. The molecule has 1 aromatic heterocycles. The Bertz CT molecular complexity index is 574. The third-order valence-corrected chi connectivity index (χ3v) is 3.53. The summed E-state index contributed by atoms with van der Waals surface area (Å²) in [6.45, 7) is 2.06. The Morgan fingerprint density at radius 1 is 1.50 bits per heavy atom. The Morgan fingerprint density at radius 3 is 2.88 bits per heavy atom. The van der Waals surface area contributed by atoms with Gasteiger partial charge in [0.05, 0.1) is 5.69 Å². The highest BCUT2D eigenvalue weighted by atomic mass is 127. The third kappa shape index (κ3) is 2.06. The summed E-state index contributed by atoms with van der Waals surface area (Å²) in [5.41, 5.74) is 2.01. The largest absolute Gasteiger partial charge is 0.337 e. The average Bonchev–Trinajstić information content (AvgIpc) is 2.60. The third-order valence-electron chi connectivity index (χ3n) is 2.37. The normalized spacial score (nSPS) is 10.7. The SMILES string of the molecule is CCc1c[nH]c(=S)n1-c1ccc(F)cc1I. The fourth-order valence-corrected chi connectivity index (χ4v) is 2.58. The summed E-state index contributed by atoms with van der Waals surface area (Å²) in [5.74, 6) is -0.228. The van der Waals surface area contributed by atoms with Crippen molar-refractivity contribution in [1.29, 1.82) is 0 Å². The number of nitrogens with one attached hydrogen (secondary N) is 1. The van der Waals surface area contributed by atoms with E-state index in [9.17, 15) is 4.39 Å². The number of benzene rings is 1. The molecule has 16 heavy (non-hydrogen) atoms. The average molecular weight is 348 g/mol. The maximum absolute atomic E-state index is 13.0. The number of aryl methyl sites for hydroxylation is 1. The smallest absolute Gasteiger partial charge is 0.182 e. The van der Waals surface area contributed by atoms with Gasteiger partial charge in [-0.2, -0.15) is 0 Å². The maximum Gasteiger partial charge on any atom is 0.182 e. The number of halogens is 2. The minimum Gasteiger partial charge on any atom is -0.337 e. The summed E-state index contributed by atoms with van der Waals surface area (Å²) in [6.07, 6.45) is 2.77. The van der Waals surface area contributed by atoms with Crippen LogP contribution in [0.5, 0.6) is 0 Å². The predicted octanol–water partition coefficient (Wildman–Crippen LogP) is 3.84. The van der Waals surface area contributed by atoms with Gasteiger partial charge in [-0.3, -0.25) is 4.57 Å². The van der Waals surface area contributed by atoms with Gasteiger partial charge in [-0.15, -0.1) is 0 Å². The van der Waals surface area contributed by atoms with Gasteiger partial charge in [0.1, 0.15) is 5.82 Å². The highest BCUT2D eigenvalue weighted by Crippen LogP contribution is 2.20. The second-order valence-corrected chi connectivity index (χ2v) is 4.92. The van der Waals surface area contributed by atoms with Crippen LogP contribution >= 0.6 is 34.8 Å². The maximum atomic E-state index is 13.0. The lowest BCUT2D eigenvalue weighted by Gasteiger charge is -2.09. The lowest BCUT2D eigenvalue weighted by molar-refractivity contribution is 0.626. The van der Waals surface area contributed by atoms with Crippen molar-refractivity contribution in [3.05, 3.63) is 44.2 Å². The zero-order chi connectivity index (χ0) is 11.7. The van der Waals surface area contributed by atoms with Gasteiger partial charge in [0.2, 0.25) is 0 Å². The Labute approximate surface area is 112 Å². The van der Waals surface area contributed by atoms with Crippen molar-refractivity contribution >= 4 is 34.8 Å². The van der Waals surface area contributed by atoms with Gasteiger partial charge in [0, 0.05) is 15.5 Å². The van der Waals surface area contributed by atoms with Crippen LogP contribution in [-0.4, -0.2) is 9.55 Å². The first kappa shape index (κ1) is 11.8. The van der Waals surface area contributed by atoms with E-state index in [-0.39, 0.29) is 5.82 Å². The van der Waals surface area contributed by atoms with Gasteiger partial charge < -0.3 is 4.98 Å². The van der Waals surface area contributed by atoms with Crippen molar-refractivity contribution in [3.63, 3.8) is 0 Å². The molecule has 0 aliphatic heterocycles. The Kier molecular flexibility index (Phi) is 3.44. The number of imidazole rings is 1. The van der Waals surface area contributed by atoms with Crippen LogP contribution in [0.2, 0.25) is 0 Å². The van der Waals surface area contributed by atoms with Crippen molar-refractivity contribution in [2.24, 2.45) is 0 Å². The molecule has 1 aromatic carbocycles. The van der Waals surface area contributed by atoms with E-state index in [4.69, 9.17) is 12.2 Å². The molecule has 2 rings (SSSR count). The number of H-pyrrole nitrogens is 1. The van der Waals surface area contributed by atoms with Crippen LogP contribution in [0.4, 0.5) is 4.39 Å². The van der Waals surface area contributed by atoms with Gasteiger partial charge in [0.15, 0.2) is 4.77 Å². The van der Waals surface area contributed by atoms with Crippen molar-refractivity contribution in [2.75, 3.05) is 0 Å². The van der Waals surface area contributed by atoms with Crippen molar-refractivity contribution in [1.82, 2.24) is 9.55 Å². The van der Waals surface area contributed by atoms with Gasteiger partial charge >= 0.3 is 0 Å². The van der Waals surface area contributed by atoms with Crippen molar-refractivity contribution in [3.8, 4) is 5.69 Å². The molecular weight excluding hydrogens is 338 g/mol. The first-order valence-electron chi connectivity index (χ1n) is 4.88. The number of aromatic nitrogens is 2. The van der Waals surface area contributed by atoms with Gasteiger partial charge in [-0.25, -0.2) is 4.39 Å². The number of rotatable bonds is 2. The molecule has 1 heterocycles. The fraction of sp³-hybridized carbons (Fsp3) is 0.182. The lowest BCUT2D eigenvalue weighted by Crippen LogP contribution is -2.01. The molecule has 0 saturated heterocycles. The standard InChI is InChI=1S/C11H10FIN2S/c1-2-8-6-14-11(16)15(8)10-4-3-7(12)5-9(10)13/h3-6H,2H2,1H3,(H,14,16). The first-order valence-corrected chi connectivity index (χ1v) is 6.37. The number of hydrogen-bond acceptors (Lipinski definition) is 1. The number of nitrogens with zero attached hydrogens (tertiary/aromatic N) is 1. The highest BCUT2D eigenvalue weighted by Gasteiger charge is 2.08. The molecule has 5 heteroatoms. The van der Waals surface area contributed by atoms with E-state index in [1.807, 2.05) is 10.8 Å². The molecular formula is C11H10FIN2S. The molecule has 0 aliphatic rings. The molecule has 1 N–H and O–H groups in total. The van der Waals surface area contributed by atoms with E-state index in [1.54, 1.807) is 6.07 Å². The summed E-state index contributed by atoms with van der Waals surface area (Å²) in [4.78, 5) is 3.01. The van der Waals surface area contributed by atoms with E-state index in [0.29, 0.717) is 4.77 Å². The zero-order valence-electron chi connectivity index (χ0n) is 8.63. The molecule has 0 bridgehead atoms. The Hall–Kier alpha value is -0.690. The van der Waals surface area contributed by atoms with Gasteiger partial charge in [-0.05, 0) is 59.4 Å². The number of hydrogen-bond donors (Lipinski definition) is 1. The zero-order valence-corrected chi connectivity index (χ0v) is 11.6. The summed E-state index contributed by atoms with van der Waals surface area (Å²) in [5, 5.41) is 0. The lowest BCUT2D eigenvalue weighted by atomic mass is 10.3. The van der Waals surface area contributed by atoms with Crippen LogP contribution in [0, 0.1) is 14.2 Å². The fourth-order valence-electron chi connectivity index (χ4n) is 1.59. The van der Waals surface area contributed by atoms with Crippen molar-refractivity contribution in [2.45, 2.75) is 13.3 Å². The molecule has 2 nitrogen and oxygen atoms in total. The second-order valence-electron chi connectivity index (χ2n) is 3.37. The summed E-state index contributed by atoms with van der Waals surface area (Å²) in [7, 11) is 0. The van der Waals surface area contributed by atoms with Gasteiger partial charge in [0.25, 0.3) is 0 Å². The predicted molar refractivity (Wildman–Crippen MR) is 73.0 cm³/mol. The topological polar surface area (TPSA) is 20.7 Å². The quantitative estimate of drug-likeness (QED) is 0.646. The summed E-state index contributed by atoms with van der Waals surface area (Å²) < 4.78 is 16.5. The molecule has 0 amide bonds. The van der Waals surface area contributed by atoms with E-state index >= 15 is 0 Å². The molecule has 2 aromatic rings.